The second-order valence-electron chi connectivity index (χ2n) is 5.77. The van der Waals surface area contributed by atoms with Crippen molar-refractivity contribution in [3.63, 3.8) is 0 Å². The monoisotopic (exact) mass is 322 g/mol. The summed E-state index contributed by atoms with van der Waals surface area (Å²) in [5.74, 6) is -0.148. The number of rotatable bonds is 1. The lowest BCUT2D eigenvalue weighted by molar-refractivity contribution is 0.0735. The number of amides is 1. The van der Waals surface area contributed by atoms with E-state index in [-0.39, 0.29) is 17.0 Å². The zero-order valence-electron chi connectivity index (χ0n) is 12.7. The molecular weight excluding hydrogens is 308 g/mol. The van der Waals surface area contributed by atoms with E-state index in [0.29, 0.717) is 35.8 Å². The minimum absolute atomic E-state index is 0.132. The van der Waals surface area contributed by atoms with Crippen molar-refractivity contribution in [2.75, 3.05) is 6.54 Å². The number of aromatic amines is 2. The molecule has 0 unspecified atom stereocenters. The van der Waals surface area contributed by atoms with Gasteiger partial charge in [-0.1, -0.05) is 12.1 Å². The van der Waals surface area contributed by atoms with E-state index in [9.17, 15) is 14.4 Å². The SMILES string of the molecule is O=C(c1cccc2c(=O)[nH]ncc12)N1CCc2[nH]c(=O)ccc2C1. The van der Waals surface area contributed by atoms with Crippen molar-refractivity contribution >= 4 is 16.7 Å². The average molecular weight is 322 g/mol. The third-order valence-electron chi connectivity index (χ3n) is 4.32. The summed E-state index contributed by atoms with van der Waals surface area (Å²) < 4.78 is 0. The molecule has 0 aliphatic carbocycles. The normalized spacial score (nSPS) is 13.8. The first-order valence-electron chi connectivity index (χ1n) is 7.60. The number of carbonyl (C=O) groups excluding carboxylic acids is 1. The Labute approximate surface area is 135 Å². The quantitative estimate of drug-likeness (QED) is 0.692. The van der Waals surface area contributed by atoms with Gasteiger partial charge in [-0.15, -0.1) is 0 Å². The molecule has 0 fully saturated rings. The number of pyridine rings is 1. The maximum atomic E-state index is 12.9. The van der Waals surface area contributed by atoms with E-state index in [2.05, 4.69) is 15.2 Å². The Balaban J connectivity index is 1.73. The van der Waals surface area contributed by atoms with Crippen molar-refractivity contribution in [1.82, 2.24) is 20.1 Å². The van der Waals surface area contributed by atoms with Gasteiger partial charge in [0, 0.05) is 42.2 Å². The van der Waals surface area contributed by atoms with Crippen molar-refractivity contribution in [2.24, 2.45) is 0 Å². The van der Waals surface area contributed by atoms with Crippen molar-refractivity contribution < 1.29 is 4.79 Å². The molecular formula is C17H14N4O3. The summed E-state index contributed by atoms with van der Waals surface area (Å²) in [5, 5.41) is 7.15. The molecule has 2 aromatic heterocycles. The van der Waals surface area contributed by atoms with E-state index in [4.69, 9.17) is 0 Å². The Morgan fingerprint density at radius 2 is 2.00 bits per heavy atom. The molecule has 7 heteroatoms. The van der Waals surface area contributed by atoms with Crippen molar-refractivity contribution in [2.45, 2.75) is 13.0 Å². The number of aromatic nitrogens is 3. The van der Waals surface area contributed by atoms with Gasteiger partial charge in [-0.05, 0) is 17.7 Å². The van der Waals surface area contributed by atoms with Crippen LogP contribution >= 0.6 is 0 Å². The fourth-order valence-corrected chi connectivity index (χ4v) is 3.10. The highest BCUT2D eigenvalue weighted by Crippen LogP contribution is 2.21. The molecule has 0 spiro atoms. The lowest BCUT2D eigenvalue weighted by atomic mass is 10.0. The highest BCUT2D eigenvalue weighted by Gasteiger charge is 2.23. The maximum absolute atomic E-state index is 12.9. The van der Waals surface area contributed by atoms with E-state index in [0.717, 1.165) is 11.3 Å². The molecule has 7 nitrogen and oxygen atoms in total. The highest BCUT2D eigenvalue weighted by molar-refractivity contribution is 6.06. The number of nitrogens with one attached hydrogen (secondary N) is 2. The zero-order valence-corrected chi connectivity index (χ0v) is 12.7. The molecule has 0 atom stereocenters. The van der Waals surface area contributed by atoms with E-state index in [1.165, 1.54) is 12.3 Å². The zero-order chi connectivity index (χ0) is 16.7. The minimum Gasteiger partial charge on any atom is -0.334 e. The average Bonchev–Trinajstić information content (AvgIpc) is 2.60. The number of benzene rings is 1. The largest absolute Gasteiger partial charge is 0.334 e. The van der Waals surface area contributed by atoms with Crippen LogP contribution in [0.5, 0.6) is 0 Å². The van der Waals surface area contributed by atoms with Gasteiger partial charge in [0.25, 0.3) is 11.5 Å². The molecule has 2 N–H and O–H groups in total. The van der Waals surface area contributed by atoms with Crippen LogP contribution < -0.4 is 11.1 Å². The third-order valence-corrected chi connectivity index (χ3v) is 4.32. The molecule has 0 saturated carbocycles. The maximum Gasteiger partial charge on any atom is 0.272 e. The van der Waals surface area contributed by atoms with Gasteiger partial charge in [-0.25, -0.2) is 5.10 Å². The van der Waals surface area contributed by atoms with Crippen LogP contribution in [0.25, 0.3) is 10.8 Å². The molecule has 0 radical (unpaired) electrons. The molecule has 1 aliphatic rings. The van der Waals surface area contributed by atoms with Crippen LogP contribution in [0, 0.1) is 0 Å². The smallest absolute Gasteiger partial charge is 0.272 e. The molecule has 0 bridgehead atoms. The van der Waals surface area contributed by atoms with E-state index in [1.807, 2.05) is 0 Å². The van der Waals surface area contributed by atoms with Gasteiger partial charge >= 0.3 is 0 Å². The van der Waals surface area contributed by atoms with Crippen LogP contribution in [-0.2, 0) is 13.0 Å². The van der Waals surface area contributed by atoms with Crippen LogP contribution in [0.4, 0.5) is 0 Å². The molecule has 3 heterocycles. The predicted octanol–water partition coefficient (Wildman–Crippen LogP) is 0.810. The van der Waals surface area contributed by atoms with Gasteiger partial charge in [0.1, 0.15) is 0 Å². The van der Waals surface area contributed by atoms with Gasteiger partial charge in [0.2, 0.25) is 5.56 Å². The summed E-state index contributed by atoms with van der Waals surface area (Å²) in [5.41, 5.74) is 1.82. The first kappa shape index (κ1) is 14.4. The molecule has 3 aromatic rings. The van der Waals surface area contributed by atoms with Gasteiger partial charge in [-0.2, -0.15) is 5.10 Å². The summed E-state index contributed by atoms with van der Waals surface area (Å²) in [6.45, 7) is 0.941. The minimum atomic E-state index is -0.316. The van der Waals surface area contributed by atoms with Gasteiger partial charge in [0.05, 0.1) is 11.6 Å². The van der Waals surface area contributed by atoms with Crippen molar-refractivity contribution in [3.8, 4) is 0 Å². The Bertz CT molecular complexity index is 1070. The number of fused-ring (bicyclic) bond motifs is 2. The van der Waals surface area contributed by atoms with Crippen LogP contribution in [0.3, 0.4) is 0 Å². The van der Waals surface area contributed by atoms with Crippen LogP contribution in [0.2, 0.25) is 0 Å². The lowest BCUT2D eigenvalue weighted by Gasteiger charge is -2.28. The molecule has 24 heavy (non-hydrogen) atoms. The fraction of sp³-hybridized carbons (Fsp3) is 0.176. The first-order chi connectivity index (χ1) is 11.6. The standard InChI is InChI=1S/C17H14N4O3/c22-15-5-4-10-9-21(7-6-14(10)19-15)17(24)12-3-1-2-11-13(12)8-18-20-16(11)23/h1-5,8H,6-7,9H2,(H,19,22)(H,20,23). The summed E-state index contributed by atoms with van der Waals surface area (Å²) in [7, 11) is 0. The Morgan fingerprint density at radius 1 is 1.12 bits per heavy atom. The molecule has 0 saturated heterocycles. The number of H-pyrrole nitrogens is 2. The number of hydrogen-bond donors (Lipinski definition) is 2. The highest BCUT2D eigenvalue weighted by atomic mass is 16.2. The summed E-state index contributed by atoms with van der Waals surface area (Å²) in [4.78, 5) is 40.7. The van der Waals surface area contributed by atoms with Crippen molar-refractivity contribution in [3.05, 3.63) is 74.1 Å². The Kier molecular flexibility index (Phi) is 3.26. The molecule has 4 rings (SSSR count). The van der Waals surface area contributed by atoms with E-state index >= 15 is 0 Å². The number of nitrogens with zero attached hydrogens (tertiary/aromatic N) is 2. The Morgan fingerprint density at radius 3 is 2.88 bits per heavy atom. The molecule has 1 amide bonds. The van der Waals surface area contributed by atoms with E-state index in [1.54, 1.807) is 29.2 Å². The number of carbonyl (C=O) groups is 1. The second kappa shape index (κ2) is 5.45. The van der Waals surface area contributed by atoms with Crippen molar-refractivity contribution in [1.29, 1.82) is 0 Å². The predicted molar refractivity (Wildman–Crippen MR) is 87.9 cm³/mol. The lowest BCUT2D eigenvalue weighted by Crippen LogP contribution is -2.37. The van der Waals surface area contributed by atoms with Crippen LogP contribution in [-0.4, -0.2) is 32.5 Å². The van der Waals surface area contributed by atoms with E-state index < -0.39 is 0 Å². The first-order valence-corrected chi connectivity index (χ1v) is 7.60. The van der Waals surface area contributed by atoms with Gasteiger partial charge < -0.3 is 9.88 Å². The fourth-order valence-electron chi connectivity index (χ4n) is 3.10. The second-order valence-corrected chi connectivity index (χ2v) is 5.77. The van der Waals surface area contributed by atoms with Crippen LogP contribution in [0.1, 0.15) is 21.6 Å². The third kappa shape index (κ3) is 2.30. The number of hydrogen-bond acceptors (Lipinski definition) is 4. The summed E-state index contributed by atoms with van der Waals surface area (Å²) in [6.07, 6.45) is 2.10. The Hall–Kier alpha value is -3.22. The van der Waals surface area contributed by atoms with Gasteiger partial charge in [-0.3, -0.25) is 14.4 Å². The topological polar surface area (TPSA) is 98.9 Å². The molecule has 1 aliphatic heterocycles. The summed E-state index contributed by atoms with van der Waals surface area (Å²) >= 11 is 0. The summed E-state index contributed by atoms with van der Waals surface area (Å²) in [6, 6.07) is 8.29. The molecule has 120 valence electrons. The molecule has 1 aromatic carbocycles. The van der Waals surface area contributed by atoms with Crippen LogP contribution in [0.15, 0.2) is 46.1 Å². The van der Waals surface area contributed by atoms with Gasteiger partial charge in [0.15, 0.2) is 0 Å².